The van der Waals surface area contributed by atoms with Crippen LogP contribution in [0, 0.1) is 29.3 Å². The van der Waals surface area contributed by atoms with Gasteiger partial charge in [-0.25, -0.2) is 13.2 Å². The van der Waals surface area contributed by atoms with Gasteiger partial charge in [0.05, 0.1) is 0 Å². The Labute approximate surface area is 131 Å². The molecule has 0 unspecified atom stereocenters. The van der Waals surface area contributed by atoms with Crippen LogP contribution in [0.1, 0.15) is 62.8 Å². The zero-order chi connectivity index (χ0) is 15.7. The fourth-order valence-corrected chi connectivity index (χ4v) is 4.49. The third-order valence-corrected chi connectivity index (χ3v) is 5.98. The first-order valence-electron chi connectivity index (χ1n) is 8.69. The van der Waals surface area contributed by atoms with Crippen LogP contribution in [0.4, 0.5) is 13.2 Å². The lowest BCUT2D eigenvalue weighted by Crippen LogP contribution is -2.24. The molecule has 0 atom stereocenters. The molecule has 22 heavy (non-hydrogen) atoms. The van der Waals surface area contributed by atoms with E-state index in [1.54, 1.807) is 0 Å². The average Bonchev–Trinajstić information content (AvgIpc) is 2.53. The second-order valence-corrected chi connectivity index (χ2v) is 7.43. The highest BCUT2D eigenvalue weighted by atomic mass is 19.2. The van der Waals surface area contributed by atoms with Gasteiger partial charge in [-0.3, -0.25) is 0 Å². The van der Waals surface area contributed by atoms with Crippen molar-refractivity contribution in [2.75, 3.05) is 0 Å². The molecule has 0 N–H and O–H groups in total. The van der Waals surface area contributed by atoms with Crippen molar-refractivity contribution in [2.24, 2.45) is 11.8 Å². The van der Waals surface area contributed by atoms with Crippen LogP contribution < -0.4 is 0 Å². The van der Waals surface area contributed by atoms with Gasteiger partial charge < -0.3 is 0 Å². The van der Waals surface area contributed by atoms with Gasteiger partial charge in [0.15, 0.2) is 17.5 Å². The molecule has 0 nitrogen and oxygen atoms in total. The SMILES string of the molecule is BC1CCC(C2CCC(c3cc(F)c(F)c(F)c3)CC2)CC1. The Morgan fingerprint density at radius 2 is 1.18 bits per heavy atom. The molecule has 0 saturated heterocycles. The molecule has 3 rings (SSSR count). The molecule has 1 aromatic carbocycles. The fraction of sp³-hybridized carbons (Fsp3) is 0.667. The summed E-state index contributed by atoms with van der Waals surface area (Å²) in [7, 11) is 2.34. The van der Waals surface area contributed by atoms with Crippen LogP contribution in [0.25, 0.3) is 0 Å². The summed E-state index contributed by atoms with van der Waals surface area (Å²) in [4.78, 5) is 0. The molecule has 0 aliphatic heterocycles. The molecular formula is C18H24BF3. The monoisotopic (exact) mass is 308 g/mol. The van der Waals surface area contributed by atoms with Gasteiger partial charge >= 0.3 is 0 Å². The summed E-state index contributed by atoms with van der Waals surface area (Å²) < 4.78 is 39.8. The van der Waals surface area contributed by atoms with Crippen LogP contribution in [-0.2, 0) is 0 Å². The predicted octanol–water partition coefficient (Wildman–Crippen LogP) is 4.99. The summed E-state index contributed by atoms with van der Waals surface area (Å²) in [5, 5.41) is 0. The minimum Gasteiger partial charge on any atom is -0.204 e. The van der Waals surface area contributed by atoms with Gasteiger partial charge in [0.25, 0.3) is 0 Å². The van der Waals surface area contributed by atoms with Gasteiger partial charge in [-0.05, 0) is 61.1 Å². The first kappa shape index (κ1) is 16.0. The maximum absolute atomic E-state index is 13.4. The molecular weight excluding hydrogens is 284 g/mol. The first-order valence-corrected chi connectivity index (χ1v) is 8.69. The topological polar surface area (TPSA) is 0 Å². The molecule has 0 radical (unpaired) electrons. The Bertz CT molecular complexity index is 492. The molecule has 0 heterocycles. The molecule has 120 valence electrons. The summed E-state index contributed by atoms with van der Waals surface area (Å²) >= 11 is 0. The molecule has 2 fully saturated rings. The van der Waals surface area contributed by atoms with Crippen LogP contribution >= 0.6 is 0 Å². The van der Waals surface area contributed by atoms with Crippen molar-refractivity contribution in [1.29, 1.82) is 0 Å². The quantitative estimate of drug-likeness (QED) is 0.533. The Balaban J connectivity index is 1.60. The van der Waals surface area contributed by atoms with Crippen molar-refractivity contribution in [1.82, 2.24) is 0 Å². The lowest BCUT2D eigenvalue weighted by atomic mass is 9.65. The Kier molecular flexibility index (Phi) is 4.84. The number of rotatable bonds is 2. The average molecular weight is 308 g/mol. The van der Waals surface area contributed by atoms with E-state index in [4.69, 9.17) is 0 Å². The normalized spacial score (nSPS) is 32.9. The maximum atomic E-state index is 13.4. The third kappa shape index (κ3) is 3.36. The van der Waals surface area contributed by atoms with E-state index in [1.165, 1.54) is 37.8 Å². The standard InChI is InChI=1S/C18H24BF3/c19-15-7-5-12(6-8-15)11-1-3-13(4-2-11)14-9-16(20)18(22)17(21)10-14/h9-13,15H,1-8,19H2. The summed E-state index contributed by atoms with van der Waals surface area (Å²) in [6.07, 6.45) is 9.61. The van der Waals surface area contributed by atoms with Crippen molar-refractivity contribution >= 4 is 7.85 Å². The zero-order valence-electron chi connectivity index (χ0n) is 13.3. The van der Waals surface area contributed by atoms with Crippen molar-refractivity contribution in [3.63, 3.8) is 0 Å². The van der Waals surface area contributed by atoms with E-state index in [0.29, 0.717) is 5.56 Å². The van der Waals surface area contributed by atoms with Gasteiger partial charge in [-0.15, -0.1) is 0 Å². The predicted molar refractivity (Wildman–Crippen MR) is 85.3 cm³/mol. The second kappa shape index (κ2) is 6.68. The lowest BCUT2D eigenvalue weighted by molar-refractivity contribution is 0.186. The third-order valence-electron chi connectivity index (χ3n) is 5.98. The molecule has 0 aromatic heterocycles. The van der Waals surface area contributed by atoms with Crippen molar-refractivity contribution in [2.45, 2.75) is 63.1 Å². The molecule has 0 amide bonds. The summed E-state index contributed by atoms with van der Waals surface area (Å²) in [6.45, 7) is 0. The fourth-order valence-electron chi connectivity index (χ4n) is 4.49. The molecule has 0 spiro atoms. The highest BCUT2D eigenvalue weighted by molar-refractivity contribution is 6.11. The van der Waals surface area contributed by atoms with Crippen LogP contribution in [0.5, 0.6) is 0 Å². The first-order chi connectivity index (χ1) is 10.5. The number of hydrogen-bond acceptors (Lipinski definition) is 0. The van der Waals surface area contributed by atoms with E-state index >= 15 is 0 Å². The highest BCUT2D eigenvalue weighted by Gasteiger charge is 2.30. The summed E-state index contributed by atoms with van der Waals surface area (Å²) in [5.74, 6) is -0.788. The molecule has 0 bridgehead atoms. The van der Waals surface area contributed by atoms with Crippen LogP contribution in [0.2, 0.25) is 5.82 Å². The van der Waals surface area contributed by atoms with E-state index in [-0.39, 0.29) is 5.92 Å². The number of hydrogen-bond donors (Lipinski definition) is 0. The van der Waals surface area contributed by atoms with Crippen LogP contribution in [0.3, 0.4) is 0 Å². The van der Waals surface area contributed by atoms with Gasteiger partial charge in [0, 0.05) is 0 Å². The van der Waals surface area contributed by atoms with Crippen LogP contribution in [-0.4, -0.2) is 7.85 Å². The maximum Gasteiger partial charge on any atom is 0.194 e. The Morgan fingerprint density at radius 3 is 1.68 bits per heavy atom. The summed E-state index contributed by atoms with van der Waals surface area (Å²) in [6, 6.07) is 2.37. The number of benzene rings is 1. The summed E-state index contributed by atoms with van der Waals surface area (Å²) in [5.41, 5.74) is 0.632. The van der Waals surface area contributed by atoms with E-state index in [0.717, 1.165) is 43.3 Å². The molecule has 1 aromatic rings. The van der Waals surface area contributed by atoms with Crippen molar-refractivity contribution < 1.29 is 13.2 Å². The smallest absolute Gasteiger partial charge is 0.194 e. The lowest BCUT2D eigenvalue weighted by Gasteiger charge is -2.37. The van der Waals surface area contributed by atoms with Gasteiger partial charge in [-0.1, -0.05) is 31.5 Å². The Morgan fingerprint density at radius 1 is 0.727 bits per heavy atom. The van der Waals surface area contributed by atoms with Crippen LogP contribution in [0.15, 0.2) is 12.1 Å². The minimum atomic E-state index is -1.35. The van der Waals surface area contributed by atoms with Gasteiger partial charge in [0.2, 0.25) is 0 Å². The largest absolute Gasteiger partial charge is 0.204 e. The van der Waals surface area contributed by atoms with E-state index < -0.39 is 17.5 Å². The Hall–Kier alpha value is -0.925. The highest BCUT2D eigenvalue weighted by Crippen LogP contribution is 2.44. The molecule has 4 heteroatoms. The van der Waals surface area contributed by atoms with Crippen molar-refractivity contribution in [3.05, 3.63) is 35.1 Å². The minimum absolute atomic E-state index is 0.184. The van der Waals surface area contributed by atoms with Gasteiger partial charge in [-0.2, -0.15) is 0 Å². The zero-order valence-corrected chi connectivity index (χ0v) is 13.3. The van der Waals surface area contributed by atoms with E-state index in [1.807, 2.05) is 0 Å². The van der Waals surface area contributed by atoms with Gasteiger partial charge in [0.1, 0.15) is 7.85 Å². The van der Waals surface area contributed by atoms with E-state index in [2.05, 4.69) is 7.85 Å². The van der Waals surface area contributed by atoms with Crippen molar-refractivity contribution in [3.8, 4) is 0 Å². The second-order valence-electron chi connectivity index (χ2n) is 7.43. The molecule has 2 aliphatic rings. The molecule has 2 aliphatic carbocycles. The number of halogens is 3. The van der Waals surface area contributed by atoms with E-state index in [9.17, 15) is 13.2 Å². The molecule has 2 saturated carbocycles.